The highest BCUT2D eigenvalue weighted by Gasteiger charge is 2.24. The molecule has 0 saturated heterocycles. The van der Waals surface area contributed by atoms with Gasteiger partial charge in [0.2, 0.25) is 0 Å². The summed E-state index contributed by atoms with van der Waals surface area (Å²) in [6, 6.07) is 16.3. The third-order valence-corrected chi connectivity index (χ3v) is 3.58. The van der Waals surface area contributed by atoms with E-state index in [1.807, 2.05) is 30.3 Å². The van der Waals surface area contributed by atoms with Gasteiger partial charge < -0.3 is 15.2 Å². The minimum absolute atomic E-state index is 0.310. The summed E-state index contributed by atoms with van der Waals surface area (Å²) < 4.78 is 11.6. The van der Waals surface area contributed by atoms with Crippen LogP contribution in [0.5, 0.6) is 11.5 Å². The Kier molecular flexibility index (Phi) is 3.88. The Labute approximate surface area is 119 Å². The molecule has 0 fully saturated rings. The molecule has 20 heavy (non-hydrogen) atoms. The second kappa shape index (κ2) is 5.97. The van der Waals surface area contributed by atoms with Gasteiger partial charge in [0.25, 0.3) is 0 Å². The zero-order valence-corrected chi connectivity index (χ0v) is 11.4. The second-order valence-electron chi connectivity index (χ2n) is 5.04. The van der Waals surface area contributed by atoms with Gasteiger partial charge in [-0.25, -0.2) is 0 Å². The number of hydrogen-bond acceptors (Lipinski definition) is 3. The molecule has 0 amide bonds. The number of hydrogen-bond donors (Lipinski definition) is 1. The van der Waals surface area contributed by atoms with Crippen molar-refractivity contribution in [1.82, 2.24) is 0 Å². The van der Waals surface area contributed by atoms with E-state index >= 15 is 0 Å². The fraction of sp³-hybridized carbons (Fsp3) is 0.294. The highest BCUT2D eigenvalue weighted by atomic mass is 16.5. The van der Waals surface area contributed by atoms with Crippen LogP contribution in [0, 0.1) is 0 Å². The Morgan fingerprint density at radius 1 is 1.15 bits per heavy atom. The molecule has 3 rings (SSSR count). The van der Waals surface area contributed by atoms with Crippen LogP contribution >= 0.6 is 0 Å². The van der Waals surface area contributed by atoms with E-state index in [9.17, 15) is 0 Å². The number of fused-ring (bicyclic) bond motifs is 1. The van der Waals surface area contributed by atoms with Gasteiger partial charge >= 0.3 is 0 Å². The van der Waals surface area contributed by atoms with Crippen molar-refractivity contribution in [3.05, 3.63) is 59.7 Å². The molecule has 104 valence electrons. The number of ether oxygens (including phenoxy) is 2. The molecule has 2 aromatic rings. The molecule has 0 bridgehead atoms. The standard InChI is InChI=1S/C17H19NO2/c18-9-8-13-4-3-5-15(10-13)19-11-14-12-20-17-7-2-1-6-16(14)17/h1-7,10,14H,8-9,11-12,18H2. The van der Waals surface area contributed by atoms with Crippen LogP contribution in [0.3, 0.4) is 0 Å². The van der Waals surface area contributed by atoms with Gasteiger partial charge in [-0.1, -0.05) is 30.3 Å². The fourth-order valence-electron chi connectivity index (χ4n) is 2.52. The van der Waals surface area contributed by atoms with Crippen LogP contribution in [-0.2, 0) is 6.42 Å². The van der Waals surface area contributed by atoms with Crippen LogP contribution in [0.4, 0.5) is 0 Å². The molecule has 3 nitrogen and oxygen atoms in total. The summed E-state index contributed by atoms with van der Waals surface area (Å²) in [5.74, 6) is 2.20. The molecule has 0 aromatic heterocycles. The van der Waals surface area contributed by atoms with Crippen LogP contribution in [-0.4, -0.2) is 19.8 Å². The van der Waals surface area contributed by atoms with Crippen LogP contribution < -0.4 is 15.2 Å². The van der Waals surface area contributed by atoms with Crippen LogP contribution in [0.25, 0.3) is 0 Å². The summed E-state index contributed by atoms with van der Waals surface area (Å²) in [6.07, 6.45) is 0.882. The van der Waals surface area contributed by atoms with E-state index in [1.54, 1.807) is 0 Å². The van der Waals surface area contributed by atoms with Gasteiger partial charge in [-0.3, -0.25) is 0 Å². The average Bonchev–Trinajstić information content (AvgIpc) is 2.89. The third kappa shape index (κ3) is 2.78. The van der Waals surface area contributed by atoms with Crippen molar-refractivity contribution in [2.75, 3.05) is 19.8 Å². The van der Waals surface area contributed by atoms with Crippen LogP contribution in [0.15, 0.2) is 48.5 Å². The lowest BCUT2D eigenvalue weighted by atomic mass is 10.0. The molecule has 1 unspecified atom stereocenters. The topological polar surface area (TPSA) is 44.5 Å². The van der Waals surface area contributed by atoms with Gasteiger partial charge in [-0.2, -0.15) is 0 Å². The van der Waals surface area contributed by atoms with Gasteiger partial charge in [0.1, 0.15) is 11.5 Å². The SMILES string of the molecule is NCCc1cccc(OCC2COc3ccccc32)c1. The highest BCUT2D eigenvalue weighted by molar-refractivity contribution is 5.40. The van der Waals surface area contributed by atoms with Crippen LogP contribution in [0.2, 0.25) is 0 Å². The maximum atomic E-state index is 5.91. The molecule has 2 aromatic carbocycles. The molecule has 1 aliphatic heterocycles. The van der Waals surface area contributed by atoms with Gasteiger partial charge in [0, 0.05) is 5.56 Å². The number of nitrogens with two attached hydrogens (primary N) is 1. The molecule has 1 atom stereocenters. The Hall–Kier alpha value is -2.00. The van der Waals surface area contributed by atoms with Crippen molar-refractivity contribution in [3.63, 3.8) is 0 Å². The summed E-state index contributed by atoms with van der Waals surface area (Å²) in [5, 5.41) is 0. The van der Waals surface area contributed by atoms with Crippen molar-refractivity contribution in [1.29, 1.82) is 0 Å². The molecule has 1 aliphatic rings. The average molecular weight is 269 g/mol. The zero-order valence-electron chi connectivity index (χ0n) is 11.4. The fourth-order valence-corrected chi connectivity index (χ4v) is 2.52. The van der Waals surface area contributed by atoms with E-state index in [-0.39, 0.29) is 0 Å². The molecule has 0 radical (unpaired) electrons. The van der Waals surface area contributed by atoms with Gasteiger partial charge in [0.05, 0.1) is 19.1 Å². The van der Waals surface area contributed by atoms with Crippen molar-refractivity contribution in [2.45, 2.75) is 12.3 Å². The first-order valence-corrected chi connectivity index (χ1v) is 7.00. The molecular formula is C17H19NO2. The van der Waals surface area contributed by atoms with Gasteiger partial charge in [-0.05, 0) is 36.7 Å². The summed E-state index contributed by atoms with van der Waals surface area (Å²) >= 11 is 0. The predicted molar refractivity (Wildman–Crippen MR) is 79.4 cm³/mol. The molecular weight excluding hydrogens is 250 g/mol. The summed E-state index contributed by atoms with van der Waals surface area (Å²) in [6.45, 7) is 2.00. The Bertz CT molecular complexity index is 583. The molecule has 0 spiro atoms. The first-order valence-electron chi connectivity index (χ1n) is 7.00. The quantitative estimate of drug-likeness (QED) is 0.907. The summed E-state index contributed by atoms with van der Waals surface area (Å²) in [4.78, 5) is 0. The normalized spacial score (nSPS) is 16.6. The van der Waals surface area contributed by atoms with E-state index in [0.29, 0.717) is 25.7 Å². The molecule has 0 saturated carbocycles. The lowest BCUT2D eigenvalue weighted by Gasteiger charge is -2.12. The van der Waals surface area contributed by atoms with E-state index in [2.05, 4.69) is 18.2 Å². The third-order valence-electron chi connectivity index (χ3n) is 3.58. The molecule has 2 N–H and O–H groups in total. The van der Waals surface area contributed by atoms with E-state index in [0.717, 1.165) is 17.9 Å². The lowest BCUT2D eigenvalue weighted by Crippen LogP contribution is -2.12. The monoisotopic (exact) mass is 269 g/mol. The summed E-state index contributed by atoms with van der Waals surface area (Å²) in [5.41, 5.74) is 8.04. The van der Waals surface area contributed by atoms with Crippen molar-refractivity contribution in [3.8, 4) is 11.5 Å². The minimum Gasteiger partial charge on any atom is -0.493 e. The molecule has 1 heterocycles. The number of benzene rings is 2. The van der Waals surface area contributed by atoms with Crippen molar-refractivity contribution < 1.29 is 9.47 Å². The zero-order chi connectivity index (χ0) is 13.8. The van der Waals surface area contributed by atoms with E-state index < -0.39 is 0 Å². The maximum Gasteiger partial charge on any atom is 0.123 e. The first-order chi connectivity index (χ1) is 9.86. The lowest BCUT2D eigenvalue weighted by molar-refractivity contribution is 0.248. The number of rotatable bonds is 5. The smallest absolute Gasteiger partial charge is 0.123 e. The van der Waals surface area contributed by atoms with Gasteiger partial charge in [0.15, 0.2) is 0 Å². The number of para-hydroxylation sites is 1. The van der Waals surface area contributed by atoms with E-state index in [1.165, 1.54) is 11.1 Å². The maximum absolute atomic E-state index is 5.91. The van der Waals surface area contributed by atoms with Crippen LogP contribution in [0.1, 0.15) is 17.0 Å². The largest absolute Gasteiger partial charge is 0.493 e. The Morgan fingerprint density at radius 2 is 2.05 bits per heavy atom. The second-order valence-corrected chi connectivity index (χ2v) is 5.04. The molecule has 3 heteroatoms. The highest BCUT2D eigenvalue weighted by Crippen LogP contribution is 2.33. The van der Waals surface area contributed by atoms with Crippen molar-refractivity contribution >= 4 is 0 Å². The van der Waals surface area contributed by atoms with Gasteiger partial charge in [-0.15, -0.1) is 0 Å². The Morgan fingerprint density at radius 3 is 2.95 bits per heavy atom. The minimum atomic E-state index is 0.310. The summed E-state index contributed by atoms with van der Waals surface area (Å²) in [7, 11) is 0. The van der Waals surface area contributed by atoms with Crippen molar-refractivity contribution in [2.24, 2.45) is 5.73 Å². The Balaban J connectivity index is 1.64. The molecule has 0 aliphatic carbocycles. The van der Waals surface area contributed by atoms with E-state index in [4.69, 9.17) is 15.2 Å². The first kappa shape index (κ1) is 13.0. The predicted octanol–water partition coefficient (Wildman–Crippen LogP) is 2.74.